The van der Waals surface area contributed by atoms with Crippen molar-refractivity contribution in [3.8, 4) is 0 Å². The van der Waals surface area contributed by atoms with E-state index >= 15 is 0 Å². The molecular weight excluding hydrogens is 333 g/mol. The number of carboxylic acids is 1. The molecule has 5 nitrogen and oxygen atoms in total. The first-order valence-electron chi connectivity index (χ1n) is 7.27. The van der Waals surface area contributed by atoms with Crippen molar-refractivity contribution in [1.29, 1.82) is 0 Å². The van der Waals surface area contributed by atoms with Crippen LogP contribution in [-0.2, 0) is 14.6 Å². The lowest BCUT2D eigenvalue weighted by molar-refractivity contribution is -0.139. The Balaban J connectivity index is 2.08. The second-order valence-corrected chi connectivity index (χ2v) is 8.12. The smallest absolute Gasteiger partial charge is 0.325 e. The SMILES string of the molecule is Cc1ccc(S(=O)(=O)[C@@H]2[C@@H](c3cccc(F)c3)[C@]2(N)C(=O)O)cc1. The minimum atomic E-state index is -3.97. The minimum Gasteiger partial charge on any atom is -0.480 e. The van der Waals surface area contributed by atoms with Gasteiger partial charge in [0.25, 0.3) is 0 Å². The molecule has 0 amide bonds. The number of hydrogen-bond donors (Lipinski definition) is 2. The first-order valence-corrected chi connectivity index (χ1v) is 8.82. The molecule has 0 bridgehead atoms. The molecule has 0 spiro atoms. The van der Waals surface area contributed by atoms with Gasteiger partial charge in [-0.15, -0.1) is 0 Å². The van der Waals surface area contributed by atoms with Gasteiger partial charge in [0, 0.05) is 5.92 Å². The average molecular weight is 349 g/mol. The molecule has 1 fully saturated rings. The molecule has 3 atom stereocenters. The Kier molecular flexibility index (Phi) is 3.73. The molecule has 3 N–H and O–H groups in total. The van der Waals surface area contributed by atoms with Crippen molar-refractivity contribution in [2.45, 2.75) is 28.5 Å². The van der Waals surface area contributed by atoms with Crippen LogP contribution in [0.15, 0.2) is 53.4 Å². The molecule has 24 heavy (non-hydrogen) atoms. The number of benzene rings is 2. The van der Waals surface area contributed by atoms with E-state index < -0.39 is 38.3 Å². The van der Waals surface area contributed by atoms with Gasteiger partial charge in [-0.05, 0) is 36.8 Å². The van der Waals surface area contributed by atoms with Gasteiger partial charge >= 0.3 is 5.97 Å². The summed E-state index contributed by atoms with van der Waals surface area (Å²) in [5.74, 6) is -2.99. The quantitative estimate of drug-likeness (QED) is 0.878. The van der Waals surface area contributed by atoms with E-state index in [2.05, 4.69) is 0 Å². The Morgan fingerprint density at radius 2 is 1.83 bits per heavy atom. The maximum Gasteiger partial charge on any atom is 0.325 e. The van der Waals surface area contributed by atoms with Gasteiger partial charge in [-0.3, -0.25) is 4.79 Å². The fourth-order valence-electron chi connectivity index (χ4n) is 3.09. The molecule has 0 saturated heterocycles. The van der Waals surface area contributed by atoms with Crippen LogP contribution in [-0.4, -0.2) is 30.3 Å². The monoisotopic (exact) mass is 349 g/mol. The van der Waals surface area contributed by atoms with Gasteiger partial charge in [0.05, 0.1) is 4.90 Å². The third-order valence-corrected chi connectivity index (χ3v) is 6.70. The molecule has 1 saturated carbocycles. The van der Waals surface area contributed by atoms with E-state index in [1.807, 2.05) is 6.92 Å². The van der Waals surface area contributed by atoms with Crippen molar-refractivity contribution in [3.63, 3.8) is 0 Å². The second kappa shape index (κ2) is 5.39. The number of nitrogens with two attached hydrogens (primary N) is 1. The lowest BCUT2D eigenvalue weighted by atomic mass is 10.1. The fourth-order valence-corrected chi connectivity index (χ4v) is 5.32. The maximum absolute atomic E-state index is 13.5. The molecule has 0 unspecified atom stereocenters. The van der Waals surface area contributed by atoms with Gasteiger partial charge in [-0.1, -0.05) is 29.8 Å². The van der Waals surface area contributed by atoms with Crippen LogP contribution in [0.2, 0.25) is 0 Å². The van der Waals surface area contributed by atoms with Gasteiger partial charge in [0.1, 0.15) is 16.6 Å². The number of carbonyl (C=O) groups is 1. The van der Waals surface area contributed by atoms with Gasteiger partial charge in [0.2, 0.25) is 0 Å². The van der Waals surface area contributed by atoms with Crippen LogP contribution < -0.4 is 5.73 Å². The molecule has 2 aromatic carbocycles. The molecule has 7 heteroatoms. The van der Waals surface area contributed by atoms with Crippen molar-refractivity contribution >= 4 is 15.8 Å². The fraction of sp³-hybridized carbons (Fsp3) is 0.235. The number of sulfone groups is 1. The summed E-state index contributed by atoms with van der Waals surface area (Å²) in [6, 6.07) is 11.3. The first-order chi connectivity index (χ1) is 11.2. The summed E-state index contributed by atoms with van der Waals surface area (Å²) in [5.41, 5.74) is 5.08. The number of aryl methyl sites for hydroxylation is 1. The molecule has 0 heterocycles. The van der Waals surface area contributed by atoms with Gasteiger partial charge in [-0.2, -0.15) is 0 Å². The summed E-state index contributed by atoms with van der Waals surface area (Å²) in [7, 11) is -3.97. The minimum absolute atomic E-state index is 0.00748. The van der Waals surface area contributed by atoms with Gasteiger partial charge in [-0.25, -0.2) is 12.8 Å². The van der Waals surface area contributed by atoms with Crippen molar-refractivity contribution in [2.75, 3.05) is 0 Å². The van der Waals surface area contributed by atoms with E-state index in [0.29, 0.717) is 0 Å². The zero-order valence-electron chi connectivity index (χ0n) is 12.8. The maximum atomic E-state index is 13.5. The summed E-state index contributed by atoms with van der Waals surface area (Å²) in [5, 5.41) is 8.11. The summed E-state index contributed by atoms with van der Waals surface area (Å²) in [6.45, 7) is 1.81. The van der Waals surface area contributed by atoms with Crippen LogP contribution in [0.3, 0.4) is 0 Å². The molecule has 0 aliphatic heterocycles. The number of aliphatic carboxylic acids is 1. The second-order valence-electron chi connectivity index (χ2n) is 6.05. The van der Waals surface area contributed by atoms with Crippen molar-refractivity contribution in [1.82, 2.24) is 0 Å². The number of rotatable bonds is 4. The van der Waals surface area contributed by atoms with E-state index in [1.165, 1.54) is 30.3 Å². The van der Waals surface area contributed by atoms with Gasteiger partial charge < -0.3 is 10.8 Å². The topological polar surface area (TPSA) is 97.5 Å². The summed E-state index contributed by atoms with van der Waals surface area (Å²) < 4.78 is 39.2. The Bertz CT molecular complexity index is 910. The molecule has 0 radical (unpaired) electrons. The number of halogens is 1. The predicted molar refractivity (Wildman–Crippen MR) is 85.8 cm³/mol. The Morgan fingerprint density at radius 1 is 1.21 bits per heavy atom. The molecule has 2 aromatic rings. The van der Waals surface area contributed by atoms with Crippen LogP contribution in [0.4, 0.5) is 4.39 Å². The lowest BCUT2D eigenvalue weighted by Crippen LogP contribution is -2.39. The van der Waals surface area contributed by atoms with E-state index in [0.717, 1.165) is 11.6 Å². The molecule has 3 rings (SSSR count). The largest absolute Gasteiger partial charge is 0.480 e. The van der Waals surface area contributed by atoms with Gasteiger partial charge in [0.15, 0.2) is 9.84 Å². The highest BCUT2D eigenvalue weighted by molar-refractivity contribution is 7.92. The third kappa shape index (κ3) is 2.40. The molecule has 0 aromatic heterocycles. The Labute approximate surface area is 138 Å². The standard InChI is InChI=1S/C17H16FNO4S/c1-10-5-7-13(8-6-10)24(22,23)15-14(17(15,19)16(20)21)11-3-2-4-12(18)9-11/h2-9,14-15H,19H2,1H3,(H,20,21)/t14-,15-,17-/m1/s1. The van der Waals surface area contributed by atoms with Crippen molar-refractivity contribution < 1.29 is 22.7 Å². The lowest BCUT2D eigenvalue weighted by Gasteiger charge is -2.07. The first kappa shape index (κ1) is 16.6. The number of hydrogen-bond acceptors (Lipinski definition) is 4. The van der Waals surface area contributed by atoms with Crippen LogP contribution >= 0.6 is 0 Å². The highest BCUT2D eigenvalue weighted by Gasteiger charge is 2.74. The van der Waals surface area contributed by atoms with E-state index in [9.17, 15) is 22.7 Å². The predicted octanol–water partition coefficient (Wildman–Crippen LogP) is 1.86. The highest BCUT2D eigenvalue weighted by Crippen LogP contribution is 2.55. The molecular formula is C17H16FNO4S. The molecule has 126 valence electrons. The Hall–Kier alpha value is -2.25. The van der Waals surface area contributed by atoms with E-state index in [-0.39, 0.29) is 10.5 Å². The van der Waals surface area contributed by atoms with E-state index in [4.69, 9.17) is 5.73 Å². The van der Waals surface area contributed by atoms with Crippen molar-refractivity contribution in [2.24, 2.45) is 5.73 Å². The summed E-state index contributed by atoms with van der Waals surface area (Å²) in [6.07, 6.45) is 0. The van der Waals surface area contributed by atoms with Crippen LogP contribution in [0.1, 0.15) is 17.0 Å². The molecule has 1 aliphatic rings. The van der Waals surface area contributed by atoms with Crippen LogP contribution in [0.25, 0.3) is 0 Å². The summed E-state index contributed by atoms with van der Waals surface area (Å²) in [4.78, 5) is 11.6. The average Bonchev–Trinajstić information content (AvgIpc) is 3.17. The highest BCUT2D eigenvalue weighted by atomic mass is 32.2. The summed E-state index contributed by atoms with van der Waals surface area (Å²) >= 11 is 0. The molecule has 1 aliphatic carbocycles. The van der Waals surface area contributed by atoms with Crippen LogP contribution in [0.5, 0.6) is 0 Å². The zero-order valence-corrected chi connectivity index (χ0v) is 13.6. The zero-order chi connectivity index (χ0) is 17.7. The normalized spacial score (nSPS) is 26.1. The Morgan fingerprint density at radius 3 is 2.38 bits per heavy atom. The van der Waals surface area contributed by atoms with E-state index in [1.54, 1.807) is 12.1 Å². The number of carboxylic acid groups (broad SMARTS) is 1. The van der Waals surface area contributed by atoms with Crippen molar-refractivity contribution in [3.05, 3.63) is 65.5 Å². The third-order valence-electron chi connectivity index (χ3n) is 4.44. The van der Waals surface area contributed by atoms with Crippen LogP contribution in [0, 0.1) is 12.7 Å².